The van der Waals surface area contributed by atoms with E-state index >= 15 is 0 Å². The standard InChI is InChI=1S/C22H19ClFNO5/c1-3-22(4-2,20(27)28)21(29)30-19-15-9-8-13(23)11-16(15)25-17(19)18(26)12-6-5-7-14(24)10-12/h5-11,25H,3-4H2,1-2H3,(H,27,28). The number of hydrogen-bond donors (Lipinski definition) is 2. The number of benzene rings is 2. The van der Waals surface area contributed by atoms with Crippen molar-refractivity contribution in [2.75, 3.05) is 0 Å². The Morgan fingerprint density at radius 2 is 1.83 bits per heavy atom. The molecule has 3 rings (SSSR count). The number of carboxylic acid groups (broad SMARTS) is 1. The molecule has 6 nitrogen and oxygen atoms in total. The van der Waals surface area contributed by atoms with E-state index in [0.717, 1.165) is 6.07 Å². The normalized spacial score (nSPS) is 11.5. The Bertz CT molecular complexity index is 1150. The fourth-order valence-corrected chi connectivity index (χ4v) is 3.47. The van der Waals surface area contributed by atoms with E-state index in [2.05, 4.69) is 4.98 Å². The monoisotopic (exact) mass is 431 g/mol. The smallest absolute Gasteiger partial charge is 0.328 e. The Hall–Kier alpha value is -3.19. The quantitative estimate of drug-likeness (QED) is 0.312. The van der Waals surface area contributed by atoms with Crippen LogP contribution >= 0.6 is 11.6 Å². The van der Waals surface area contributed by atoms with Crippen LogP contribution in [0.1, 0.15) is 42.7 Å². The number of carbonyl (C=O) groups excluding carboxylic acids is 2. The zero-order valence-corrected chi connectivity index (χ0v) is 17.0. The second kappa shape index (κ2) is 8.28. The number of carboxylic acids is 1. The summed E-state index contributed by atoms with van der Waals surface area (Å²) < 4.78 is 19.1. The number of carbonyl (C=O) groups is 3. The maximum Gasteiger partial charge on any atom is 0.328 e. The van der Waals surface area contributed by atoms with Crippen molar-refractivity contribution < 1.29 is 28.6 Å². The van der Waals surface area contributed by atoms with Crippen LogP contribution in [0, 0.1) is 11.2 Å². The number of hydrogen-bond acceptors (Lipinski definition) is 4. The predicted octanol–water partition coefficient (Wildman–Crippen LogP) is 4.99. The molecule has 0 aliphatic carbocycles. The van der Waals surface area contributed by atoms with Gasteiger partial charge in [0.15, 0.2) is 11.2 Å². The van der Waals surface area contributed by atoms with Gasteiger partial charge in [-0.05, 0) is 43.2 Å². The molecule has 0 fully saturated rings. The van der Waals surface area contributed by atoms with Gasteiger partial charge < -0.3 is 14.8 Å². The van der Waals surface area contributed by atoms with Crippen molar-refractivity contribution >= 4 is 40.2 Å². The topological polar surface area (TPSA) is 96.5 Å². The highest BCUT2D eigenvalue weighted by Crippen LogP contribution is 2.36. The van der Waals surface area contributed by atoms with E-state index in [9.17, 15) is 23.9 Å². The van der Waals surface area contributed by atoms with Crippen LogP contribution in [0.25, 0.3) is 10.9 Å². The Balaban J connectivity index is 2.15. The van der Waals surface area contributed by atoms with Crippen molar-refractivity contribution in [1.82, 2.24) is 4.98 Å². The average molecular weight is 432 g/mol. The molecule has 2 N–H and O–H groups in total. The number of fused-ring (bicyclic) bond motifs is 1. The van der Waals surface area contributed by atoms with Crippen LogP contribution in [0.2, 0.25) is 5.02 Å². The number of esters is 1. The average Bonchev–Trinajstić information content (AvgIpc) is 3.05. The Morgan fingerprint density at radius 1 is 1.13 bits per heavy atom. The number of rotatable bonds is 7. The number of aromatic nitrogens is 1. The lowest BCUT2D eigenvalue weighted by molar-refractivity contribution is -0.163. The van der Waals surface area contributed by atoms with Gasteiger partial charge in [-0.2, -0.15) is 0 Å². The second-order valence-electron chi connectivity index (χ2n) is 6.84. The molecule has 0 bridgehead atoms. The molecule has 0 spiro atoms. The molecule has 0 saturated carbocycles. The molecule has 0 saturated heterocycles. The molecule has 0 atom stereocenters. The van der Waals surface area contributed by atoms with E-state index in [1.54, 1.807) is 32.0 Å². The van der Waals surface area contributed by atoms with Gasteiger partial charge in [-0.1, -0.05) is 37.6 Å². The molecule has 8 heteroatoms. The molecule has 156 valence electrons. The summed E-state index contributed by atoms with van der Waals surface area (Å²) in [5, 5.41) is 10.4. The van der Waals surface area contributed by atoms with E-state index in [1.165, 1.54) is 18.2 Å². The number of H-pyrrole nitrogens is 1. The maximum absolute atomic E-state index is 13.6. The Labute approximate surface area is 176 Å². The summed E-state index contributed by atoms with van der Waals surface area (Å²) in [6.45, 7) is 3.15. The highest BCUT2D eigenvalue weighted by atomic mass is 35.5. The van der Waals surface area contributed by atoms with Crippen LogP contribution in [0.15, 0.2) is 42.5 Å². The van der Waals surface area contributed by atoms with Crippen LogP contribution in [0.4, 0.5) is 4.39 Å². The zero-order valence-electron chi connectivity index (χ0n) is 16.3. The third-order valence-corrected chi connectivity index (χ3v) is 5.46. The summed E-state index contributed by atoms with van der Waals surface area (Å²) in [6, 6.07) is 9.72. The summed E-state index contributed by atoms with van der Waals surface area (Å²) >= 11 is 6.02. The van der Waals surface area contributed by atoms with Gasteiger partial charge in [0.05, 0.1) is 5.52 Å². The van der Waals surface area contributed by atoms with Crippen LogP contribution in [-0.2, 0) is 9.59 Å². The fraction of sp³-hybridized carbons (Fsp3) is 0.227. The fourth-order valence-electron chi connectivity index (χ4n) is 3.30. The van der Waals surface area contributed by atoms with E-state index in [-0.39, 0.29) is 29.8 Å². The molecule has 30 heavy (non-hydrogen) atoms. The van der Waals surface area contributed by atoms with Gasteiger partial charge in [0.2, 0.25) is 5.78 Å². The number of ketones is 1. The van der Waals surface area contributed by atoms with Gasteiger partial charge in [0.1, 0.15) is 11.5 Å². The lowest BCUT2D eigenvalue weighted by Gasteiger charge is -2.24. The largest absolute Gasteiger partial charge is 0.480 e. The van der Waals surface area contributed by atoms with Gasteiger partial charge in [-0.25, -0.2) is 4.39 Å². The summed E-state index contributed by atoms with van der Waals surface area (Å²) in [5.41, 5.74) is -1.40. The minimum Gasteiger partial charge on any atom is -0.480 e. The van der Waals surface area contributed by atoms with Crippen molar-refractivity contribution in [3.8, 4) is 5.75 Å². The number of nitrogens with one attached hydrogen (secondary N) is 1. The van der Waals surface area contributed by atoms with Crippen LogP contribution in [0.5, 0.6) is 5.75 Å². The molecule has 0 amide bonds. The number of aromatic amines is 1. The van der Waals surface area contributed by atoms with Gasteiger partial charge in [0, 0.05) is 16.0 Å². The first kappa shape index (κ1) is 21.5. The number of ether oxygens (including phenoxy) is 1. The Morgan fingerprint density at radius 3 is 2.43 bits per heavy atom. The van der Waals surface area contributed by atoms with Gasteiger partial charge in [0.25, 0.3) is 0 Å². The van der Waals surface area contributed by atoms with Crippen molar-refractivity contribution in [2.45, 2.75) is 26.7 Å². The predicted molar refractivity (Wildman–Crippen MR) is 109 cm³/mol. The number of halogens is 2. The van der Waals surface area contributed by atoms with E-state index in [0.29, 0.717) is 15.9 Å². The van der Waals surface area contributed by atoms with Crippen molar-refractivity contribution in [1.29, 1.82) is 0 Å². The molecule has 0 aliphatic heterocycles. The second-order valence-corrected chi connectivity index (χ2v) is 7.28. The third kappa shape index (κ3) is 3.68. The minimum atomic E-state index is -1.75. The van der Waals surface area contributed by atoms with E-state index < -0.39 is 29.0 Å². The summed E-state index contributed by atoms with van der Waals surface area (Å²) in [5.74, 6) is -3.62. The van der Waals surface area contributed by atoms with Gasteiger partial charge in [-0.3, -0.25) is 14.4 Å². The zero-order chi connectivity index (χ0) is 22.1. The first-order valence-corrected chi connectivity index (χ1v) is 9.68. The molecule has 2 aromatic carbocycles. The summed E-state index contributed by atoms with van der Waals surface area (Å²) in [7, 11) is 0. The molecular formula is C22H19ClFNO5. The molecule has 0 unspecified atom stereocenters. The summed E-state index contributed by atoms with van der Waals surface area (Å²) in [6.07, 6.45) is 0.0258. The lowest BCUT2D eigenvalue weighted by Crippen LogP contribution is -2.41. The summed E-state index contributed by atoms with van der Waals surface area (Å²) in [4.78, 5) is 40.6. The van der Waals surface area contributed by atoms with Crippen molar-refractivity contribution in [3.05, 3.63) is 64.6 Å². The van der Waals surface area contributed by atoms with Crippen molar-refractivity contribution in [3.63, 3.8) is 0 Å². The highest BCUT2D eigenvalue weighted by molar-refractivity contribution is 6.31. The van der Waals surface area contributed by atoms with Crippen molar-refractivity contribution in [2.24, 2.45) is 5.41 Å². The molecule has 1 heterocycles. The first-order chi connectivity index (χ1) is 14.2. The first-order valence-electron chi connectivity index (χ1n) is 9.30. The maximum atomic E-state index is 13.6. The number of aliphatic carboxylic acids is 1. The van der Waals surface area contributed by atoms with Crippen LogP contribution in [0.3, 0.4) is 0 Å². The molecule has 0 radical (unpaired) electrons. The SMILES string of the molecule is CCC(CC)(C(=O)O)C(=O)Oc1c(C(=O)c2cccc(F)c2)[nH]c2cc(Cl)ccc12. The third-order valence-electron chi connectivity index (χ3n) is 5.23. The minimum absolute atomic E-state index is 0.0129. The molecule has 0 aliphatic rings. The van der Waals surface area contributed by atoms with Gasteiger partial charge >= 0.3 is 11.9 Å². The lowest BCUT2D eigenvalue weighted by atomic mass is 9.82. The molecule has 1 aromatic heterocycles. The van der Waals surface area contributed by atoms with E-state index in [1.807, 2.05) is 0 Å². The molecule has 3 aromatic rings. The molecular weight excluding hydrogens is 413 g/mol. The highest BCUT2D eigenvalue weighted by Gasteiger charge is 2.45. The van der Waals surface area contributed by atoms with Gasteiger partial charge in [-0.15, -0.1) is 0 Å². The van der Waals surface area contributed by atoms with E-state index in [4.69, 9.17) is 16.3 Å². The Kier molecular flexibility index (Phi) is 5.94. The van der Waals surface area contributed by atoms with Crippen LogP contribution in [-0.4, -0.2) is 27.8 Å². The van der Waals surface area contributed by atoms with Crippen LogP contribution < -0.4 is 4.74 Å².